The molecular formula is C26H29ClN4O5. The number of pyridine rings is 1. The number of urea groups is 1. The van der Waals surface area contributed by atoms with E-state index in [1.54, 1.807) is 42.6 Å². The van der Waals surface area contributed by atoms with E-state index in [0.29, 0.717) is 64.2 Å². The zero-order chi connectivity index (χ0) is 25.5. The molecule has 3 aromatic rings. The number of rotatable bonds is 11. The lowest BCUT2D eigenvalue weighted by Crippen LogP contribution is -2.30. The molecule has 0 aliphatic heterocycles. The van der Waals surface area contributed by atoms with Crippen LogP contribution < -0.4 is 25.4 Å². The number of carbonyl (C=O) groups is 2. The Bertz CT molecular complexity index is 1250. The first-order chi connectivity index (χ1) is 17.5. The predicted octanol–water partition coefficient (Wildman–Crippen LogP) is 5.13. The average molecular weight is 513 g/mol. The molecule has 9 nitrogen and oxygen atoms in total. The third-order valence-corrected chi connectivity index (χ3v) is 5.79. The molecule has 10 heteroatoms. The van der Waals surface area contributed by atoms with Gasteiger partial charge in [0, 0.05) is 42.9 Å². The highest BCUT2D eigenvalue weighted by Gasteiger charge is 2.23. The molecule has 4 rings (SSSR count). The summed E-state index contributed by atoms with van der Waals surface area (Å²) < 4.78 is 17.0. The van der Waals surface area contributed by atoms with E-state index in [2.05, 4.69) is 20.9 Å². The summed E-state index contributed by atoms with van der Waals surface area (Å²) in [7, 11) is 1.51. The molecule has 1 aromatic heterocycles. The summed E-state index contributed by atoms with van der Waals surface area (Å²) >= 11 is 6.38. The quantitative estimate of drug-likeness (QED) is 0.307. The van der Waals surface area contributed by atoms with Crippen molar-refractivity contribution in [3.63, 3.8) is 0 Å². The van der Waals surface area contributed by atoms with E-state index < -0.39 is 0 Å². The topological polar surface area (TPSA) is 111 Å². The first-order valence-electron chi connectivity index (χ1n) is 11.9. The van der Waals surface area contributed by atoms with E-state index >= 15 is 0 Å². The van der Waals surface area contributed by atoms with Crippen molar-refractivity contribution in [2.24, 2.45) is 0 Å². The summed E-state index contributed by atoms with van der Waals surface area (Å²) in [6.45, 7) is 3.49. The molecular weight excluding hydrogens is 484 g/mol. The predicted molar refractivity (Wildman–Crippen MR) is 138 cm³/mol. The van der Waals surface area contributed by atoms with E-state index in [-0.39, 0.29) is 18.0 Å². The summed E-state index contributed by atoms with van der Waals surface area (Å²) in [6, 6.07) is 10.1. The van der Waals surface area contributed by atoms with Crippen LogP contribution in [0.4, 0.5) is 10.5 Å². The maximum absolute atomic E-state index is 12.8. The third kappa shape index (κ3) is 6.56. The van der Waals surface area contributed by atoms with Gasteiger partial charge in [0.05, 0.1) is 35.5 Å². The summed E-state index contributed by atoms with van der Waals surface area (Å²) in [5.41, 5.74) is 1.44. The van der Waals surface area contributed by atoms with Gasteiger partial charge < -0.3 is 30.2 Å². The fourth-order valence-corrected chi connectivity index (χ4v) is 3.74. The number of hydrogen-bond acceptors (Lipinski definition) is 6. The first kappa shape index (κ1) is 25.5. The molecule has 3 amide bonds. The van der Waals surface area contributed by atoms with Crippen molar-refractivity contribution in [1.29, 1.82) is 0 Å². The number of amides is 3. The second kappa shape index (κ2) is 11.9. The number of methoxy groups -OCH3 is 1. The van der Waals surface area contributed by atoms with Gasteiger partial charge in [-0.25, -0.2) is 4.79 Å². The maximum Gasteiger partial charge on any atom is 0.319 e. The van der Waals surface area contributed by atoms with Crippen LogP contribution in [0.1, 0.15) is 36.5 Å². The molecule has 1 aliphatic rings. The second-order valence-corrected chi connectivity index (χ2v) is 8.77. The van der Waals surface area contributed by atoms with E-state index in [9.17, 15) is 9.59 Å². The van der Waals surface area contributed by atoms with Crippen LogP contribution in [-0.2, 0) is 4.74 Å². The monoisotopic (exact) mass is 512 g/mol. The van der Waals surface area contributed by atoms with Crippen LogP contribution in [0.25, 0.3) is 10.9 Å². The molecule has 3 N–H and O–H groups in total. The molecule has 2 aromatic carbocycles. The number of nitrogens with zero attached hydrogens (tertiary/aromatic N) is 1. The van der Waals surface area contributed by atoms with Gasteiger partial charge in [-0.3, -0.25) is 9.78 Å². The van der Waals surface area contributed by atoms with Crippen molar-refractivity contribution in [2.75, 3.05) is 32.2 Å². The first-order valence-corrected chi connectivity index (χ1v) is 12.2. The molecule has 1 fully saturated rings. The molecule has 0 bridgehead atoms. The van der Waals surface area contributed by atoms with Gasteiger partial charge >= 0.3 is 6.03 Å². The highest BCUT2D eigenvalue weighted by atomic mass is 35.5. The van der Waals surface area contributed by atoms with Crippen molar-refractivity contribution in [2.45, 2.75) is 32.2 Å². The molecule has 1 aliphatic carbocycles. The number of fused-ring (bicyclic) bond motifs is 1. The van der Waals surface area contributed by atoms with Gasteiger partial charge in [-0.15, -0.1) is 0 Å². The van der Waals surface area contributed by atoms with Gasteiger partial charge in [0.15, 0.2) is 0 Å². The number of halogens is 1. The highest BCUT2D eigenvalue weighted by molar-refractivity contribution is 6.33. The van der Waals surface area contributed by atoms with Crippen LogP contribution in [0, 0.1) is 0 Å². The van der Waals surface area contributed by atoms with E-state index in [4.69, 9.17) is 25.8 Å². The van der Waals surface area contributed by atoms with Gasteiger partial charge in [-0.2, -0.15) is 0 Å². The van der Waals surface area contributed by atoms with Crippen LogP contribution in [0.2, 0.25) is 5.02 Å². The Kier molecular flexibility index (Phi) is 8.45. The fourth-order valence-electron chi connectivity index (χ4n) is 3.52. The lowest BCUT2D eigenvalue weighted by Gasteiger charge is -2.14. The number of nitrogens with one attached hydrogen (secondary N) is 3. The molecule has 190 valence electrons. The minimum Gasteiger partial charge on any atom is -0.496 e. The Morgan fingerprint density at radius 2 is 1.94 bits per heavy atom. The van der Waals surface area contributed by atoms with Crippen molar-refractivity contribution < 1.29 is 23.8 Å². The van der Waals surface area contributed by atoms with Gasteiger partial charge in [0.1, 0.15) is 17.2 Å². The third-order valence-electron chi connectivity index (χ3n) is 5.48. The number of benzene rings is 2. The van der Waals surface area contributed by atoms with Gasteiger partial charge in [-0.05, 0) is 43.5 Å². The molecule has 0 unspecified atom stereocenters. The van der Waals surface area contributed by atoms with Crippen LogP contribution in [0.3, 0.4) is 0 Å². The molecule has 1 saturated carbocycles. The summed E-state index contributed by atoms with van der Waals surface area (Å²) in [5.74, 6) is 1.08. The Labute approximate surface area is 214 Å². The number of carbonyl (C=O) groups excluding carboxylic acids is 2. The fraction of sp³-hybridized carbons (Fsp3) is 0.346. The van der Waals surface area contributed by atoms with E-state index in [1.165, 1.54) is 7.11 Å². The highest BCUT2D eigenvalue weighted by Crippen LogP contribution is 2.35. The number of hydrogen-bond donors (Lipinski definition) is 3. The van der Waals surface area contributed by atoms with Gasteiger partial charge in [0.25, 0.3) is 5.91 Å². The Morgan fingerprint density at radius 3 is 2.67 bits per heavy atom. The number of aromatic nitrogens is 1. The van der Waals surface area contributed by atoms with Gasteiger partial charge in [-0.1, -0.05) is 18.5 Å². The zero-order valence-electron chi connectivity index (χ0n) is 20.2. The SMILES string of the molecule is CCCOCCNC(=O)c1cc2c(Oc3ccc(NC(=O)NC4CC4)c(Cl)c3)ccnc2cc1OC. The van der Waals surface area contributed by atoms with Crippen molar-refractivity contribution in [1.82, 2.24) is 15.6 Å². The maximum atomic E-state index is 12.8. The standard InChI is InChI=1S/C26H29ClN4O5/c1-3-11-35-12-10-29-25(32)19-14-18-22(15-24(19)34-2)28-9-8-23(18)36-17-6-7-21(20(27)13-17)31-26(33)30-16-4-5-16/h6-9,13-16H,3-5,10-12H2,1-2H3,(H,29,32)(H2,30,31,33). The normalized spacial score (nSPS) is 12.8. The second-order valence-electron chi connectivity index (χ2n) is 8.36. The Hall–Kier alpha value is -3.56. The van der Waals surface area contributed by atoms with Gasteiger partial charge in [0.2, 0.25) is 0 Å². The molecule has 0 spiro atoms. The zero-order valence-corrected chi connectivity index (χ0v) is 21.0. The molecule has 0 radical (unpaired) electrons. The number of anilines is 1. The molecule has 1 heterocycles. The van der Waals surface area contributed by atoms with E-state index in [1.807, 2.05) is 6.92 Å². The van der Waals surface area contributed by atoms with Crippen LogP contribution in [0.15, 0.2) is 42.6 Å². The molecule has 0 atom stereocenters. The summed E-state index contributed by atoms with van der Waals surface area (Å²) in [4.78, 5) is 29.3. The van der Waals surface area contributed by atoms with E-state index in [0.717, 1.165) is 19.3 Å². The van der Waals surface area contributed by atoms with Crippen LogP contribution >= 0.6 is 11.6 Å². The lowest BCUT2D eigenvalue weighted by atomic mass is 10.1. The Morgan fingerprint density at radius 1 is 1.11 bits per heavy atom. The minimum absolute atomic E-state index is 0.242. The van der Waals surface area contributed by atoms with Crippen molar-refractivity contribution in [3.05, 3.63) is 53.2 Å². The minimum atomic E-state index is -0.287. The largest absolute Gasteiger partial charge is 0.496 e. The lowest BCUT2D eigenvalue weighted by molar-refractivity contribution is 0.0912. The van der Waals surface area contributed by atoms with Crippen LogP contribution in [-0.4, -0.2) is 49.8 Å². The smallest absolute Gasteiger partial charge is 0.319 e. The molecule has 36 heavy (non-hydrogen) atoms. The summed E-state index contributed by atoms with van der Waals surface area (Å²) in [5, 5.41) is 9.42. The van der Waals surface area contributed by atoms with Crippen molar-refractivity contribution >= 4 is 40.1 Å². The molecule has 0 saturated heterocycles. The number of ether oxygens (including phenoxy) is 3. The summed E-state index contributed by atoms with van der Waals surface area (Å²) in [6.07, 6.45) is 4.52. The average Bonchev–Trinajstić information content (AvgIpc) is 3.68. The van der Waals surface area contributed by atoms with Crippen molar-refractivity contribution in [3.8, 4) is 17.2 Å². The Balaban J connectivity index is 1.52. The van der Waals surface area contributed by atoms with Crippen LogP contribution in [0.5, 0.6) is 17.2 Å².